The van der Waals surface area contributed by atoms with Gasteiger partial charge >= 0.3 is 0 Å². The number of ether oxygens (including phenoxy) is 1. The summed E-state index contributed by atoms with van der Waals surface area (Å²) in [4.78, 5) is 5.69. The first-order valence-corrected chi connectivity index (χ1v) is 8.90. The Labute approximate surface area is 142 Å². The number of hydrogen-bond donors (Lipinski definition) is 2. The van der Waals surface area contributed by atoms with Crippen molar-refractivity contribution < 1.29 is 4.74 Å². The standard InChI is InChI=1S/C18H25N3OS/c19-18(21-12-10-17-9-6-14-23-17)20-11-4-5-13-22-15-16-7-2-1-3-8-16/h1-3,6-9,14H,4-5,10-13,15H2,(H3,19,20,21). The number of benzene rings is 1. The van der Waals surface area contributed by atoms with Crippen LogP contribution in [-0.2, 0) is 17.8 Å². The fourth-order valence-electron chi connectivity index (χ4n) is 2.10. The molecule has 1 aromatic carbocycles. The van der Waals surface area contributed by atoms with Crippen molar-refractivity contribution in [3.63, 3.8) is 0 Å². The van der Waals surface area contributed by atoms with Gasteiger partial charge in [-0.1, -0.05) is 36.4 Å². The lowest BCUT2D eigenvalue weighted by atomic mass is 10.2. The molecule has 0 radical (unpaired) electrons. The van der Waals surface area contributed by atoms with Crippen LogP contribution in [0.4, 0.5) is 0 Å². The van der Waals surface area contributed by atoms with Crippen molar-refractivity contribution in [3.8, 4) is 0 Å². The van der Waals surface area contributed by atoms with Crippen LogP contribution in [0.15, 0.2) is 52.8 Å². The lowest BCUT2D eigenvalue weighted by Gasteiger charge is -2.05. The lowest BCUT2D eigenvalue weighted by molar-refractivity contribution is 0.117. The molecule has 0 aliphatic carbocycles. The summed E-state index contributed by atoms with van der Waals surface area (Å²) in [7, 11) is 0. The van der Waals surface area contributed by atoms with Crippen LogP contribution < -0.4 is 11.1 Å². The summed E-state index contributed by atoms with van der Waals surface area (Å²) in [6, 6.07) is 14.4. The molecule has 5 heteroatoms. The van der Waals surface area contributed by atoms with Crippen molar-refractivity contribution in [2.24, 2.45) is 10.7 Å². The van der Waals surface area contributed by atoms with E-state index in [0.717, 1.165) is 39.0 Å². The van der Waals surface area contributed by atoms with Gasteiger partial charge in [-0.15, -0.1) is 11.3 Å². The molecule has 0 saturated carbocycles. The minimum absolute atomic E-state index is 0.534. The molecule has 1 heterocycles. The van der Waals surface area contributed by atoms with E-state index in [1.807, 2.05) is 18.2 Å². The third-order valence-corrected chi connectivity index (χ3v) is 4.28. The number of rotatable bonds is 10. The summed E-state index contributed by atoms with van der Waals surface area (Å²) in [5.74, 6) is 0.534. The summed E-state index contributed by atoms with van der Waals surface area (Å²) in [6.45, 7) is 3.01. The Morgan fingerprint density at radius 2 is 2.00 bits per heavy atom. The highest BCUT2D eigenvalue weighted by atomic mass is 32.1. The van der Waals surface area contributed by atoms with Crippen LogP contribution in [0.3, 0.4) is 0 Å². The topological polar surface area (TPSA) is 59.6 Å². The molecule has 23 heavy (non-hydrogen) atoms. The average molecular weight is 331 g/mol. The van der Waals surface area contributed by atoms with Crippen molar-refractivity contribution in [2.45, 2.75) is 25.9 Å². The Kier molecular flexibility index (Phi) is 8.22. The molecule has 0 spiro atoms. The summed E-state index contributed by atoms with van der Waals surface area (Å²) in [6.07, 6.45) is 2.97. The predicted molar refractivity (Wildman–Crippen MR) is 97.8 cm³/mol. The largest absolute Gasteiger partial charge is 0.377 e. The molecule has 0 bridgehead atoms. The lowest BCUT2D eigenvalue weighted by Crippen LogP contribution is -2.33. The molecule has 1 aromatic heterocycles. The molecular formula is C18H25N3OS. The minimum atomic E-state index is 0.534. The first kappa shape index (κ1) is 17.5. The van der Waals surface area contributed by atoms with Gasteiger partial charge in [-0.3, -0.25) is 4.99 Å². The van der Waals surface area contributed by atoms with E-state index >= 15 is 0 Å². The predicted octanol–water partition coefficient (Wildman–Crippen LogP) is 3.19. The summed E-state index contributed by atoms with van der Waals surface area (Å²) in [5.41, 5.74) is 7.05. The van der Waals surface area contributed by atoms with Gasteiger partial charge < -0.3 is 15.8 Å². The number of thiophene rings is 1. The van der Waals surface area contributed by atoms with Gasteiger partial charge in [0.2, 0.25) is 0 Å². The second-order valence-electron chi connectivity index (χ2n) is 5.27. The molecule has 0 aliphatic rings. The highest BCUT2D eigenvalue weighted by molar-refractivity contribution is 7.09. The van der Waals surface area contributed by atoms with E-state index in [2.05, 4.69) is 40.0 Å². The molecule has 4 nitrogen and oxygen atoms in total. The van der Waals surface area contributed by atoms with Gasteiger partial charge in [0.05, 0.1) is 6.61 Å². The van der Waals surface area contributed by atoms with E-state index in [4.69, 9.17) is 10.5 Å². The molecule has 2 aromatic rings. The van der Waals surface area contributed by atoms with Gasteiger partial charge in [-0.25, -0.2) is 0 Å². The Balaban J connectivity index is 1.45. The first-order valence-electron chi connectivity index (χ1n) is 8.02. The molecule has 124 valence electrons. The normalized spacial score (nSPS) is 11.6. The van der Waals surface area contributed by atoms with Gasteiger partial charge in [-0.05, 0) is 36.3 Å². The zero-order valence-corrected chi connectivity index (χ0v) is 14.2. The molecule has 0 unspecified atom stereocenters. The average Bonchev–Trinajstić information content (AvgIpc) is 3.08. The van der Waals surface area contributed by atoms with E-state index in [0.29, 0.717) is 12.6 Å². The van der Waals surface area contributed by atoms with Crippen LogP contribution >= 0.6 is 11.3 Å². The zero-order chi connectivity index (χ0) is 16.2. The van der Waals surface area contributed by atoms with Crippen molar-refractivity contribution >= 4 is 17.3 Å². The summed E-state index contributed by atoms with van der Waals surface area (Å²) >= 11 is 1.77. The Bertz CT molecular complexity index is 555. The third kappa shape index (κ3) is 7.81. The van der Waals surface area contributed by atoms with Gasteiger partial charge in [0.25, 0.3) is 0 Å². The number of nitrogens with two attached hydrogens (primary N) is 1. The smallest absolute Gasteiger partial charge is 0.188 e. The SMILES string of the molecule is NC(=NCCCCOCc1ccccc1)NCCc1cccs1. The van der Waals surface area contributed by atoms with E-state index in [-0.39, 0.29) is 0 Å². The van der Waals surface area contributed by atoms with Crippen LogP contribution in [-0.4, -0.2) is 25.7 Å². The number of nitrogens with zero attached hydrogens (tertiary/aromatic N) is 1. The maximum atomic E-state index is 5.84. The van der Waals surface area contributed by atoms with Crippen LogP contribution in [0.1, 0.15) is 23.3 Å². The third-order valence-electron chi connectivity index (χ3n) is 3.35. The zero-order valence-electron chi connectivity index (χ0n) is 13.4. The molecule has 2 rings (SSSR count). The van der Waals surface area contributed by atoms with Crippen LogP contribution in [0.25, 0.3) is 0 Å². The van der Waals surface area contributed by atoms with Gasteiger partial charge in [-0.2, -0.15) is 0 Å². The molecule has 0 atom stereocenters. The monoisotopic (exact) mass is 331 g/mol. The van der Waals surface area contributed by atoms with Gasteiger partial charge in [0.15, 0.2) is 5.96 Å². The quantitative estimate of drug-likeness (QED) is 0.399. The van der Waals surface area contributed by atoms with Crippen molar-refractivity contribution in [1.29, 1.82) is 0 Å². The molecule has 0 saturated heterocycles. The molecule has 0 fully saturated rings. The van der Waals surface area contributed by atoms with Crippen LogP contribution in [0.5, 0.6) is 0 Å². The molecule has 0 aliphatic heterocycles. The van der Waals surface area contributed by atoms with Crippen molar-refractivity contribution in [2.75, 3.05) is 19.7 Å². The number of nitrogens with one attached hydrogen (secondary N) is 1. The van der Waals surface area contributed by atoms with Crippen LogP contribution in [0.2, 0.25) is 0 Å². The van der Waals surface area contributed by atoms with Gasteiger partial charge in [0, 0.05) is 24.6 Å². The Morgan fingerprint density at radius 3 is 2.78 bits per heavy atom. The Morgan fingerprint density at radius 1 is 1.13 bits per heavy atom. The number of aliphatic imine (C=N–C) groups is 1. The van der Waals surface area contributed by atoms with E-state index in [9.17, 15) is 0 Å². The van der Waals surface area contributed by atoms with Gasteiger partial charge in [0.1, 0.15) is 0 Å². The minimum Gasteiger partial charge on any atom is -0.377 e. The fraction of sp³-hybridized carbons (Fsp3) is 0.389. The van der Waals surface area contributed by atoms with Crippen molar-refractivity contribution in [3.05, 3.63) is 58.3 Å². The second-order valence-corrected chi connectivity index (χ2v) is 6.30. The Hall–Kier alpha value is -1.85. The maximum Gasteiger partial charge on any atom is 0.188 e. The molecule has 3 N–H and O–H groups in total. The second kappa shape index (κ2) is 10.8. The van der Waals surface area contributed by atoms with Crippen molar-refractivity contribution in [1.82, 2.24) is 5.32 Å². The summed E-state index contributed by atoms with van der Waals surface area (Å²) < 4.78 is 5.64. The maximum absolute atomic E-state index is 5.84. The number of guanidine groups is 1. The number of hydrogen-bond acceptors (Lipinski definition) is 3. The molecular weight excluding hydrogens is 306 g/mol. The number of unbranched alkanes of at least 4 members (excludes halogenated alkanes) is 1. The van der Waals surface area contributed by atoms with E-state index in [1.54, 1.807) is 11.3 Å². The van der Waals surface area contributed by atoms with E-state index < -0.39 is 0 Å². The summed E-state index contributed by atoms with van der Waals surface area (Å²) in [5, 5.41) is 5.24. The highest BCUT2D eigenvalue weighted by Crippen LogP contribution is 2.07. The van der Waals surface area contributed by atoms with Crippen LogP contribution in [0, 0.1) is 0 Å². The molecule has 0 amide bonds. The van der Waals surface area contributed by atoms with E-state index in [1.165, 1.54) is 10.4 Å². The first-order chi connectivity index (χ1) is 11.3. The highest BCUT2D eigenvalue weighted by Gasteiger charge is 1.96. The fourth-order valence-corrected chi connectivity index (χ4v) is 2.81.